The summed E-state index contributed by atoms with van der Waals surface area (Å²) in [5, 5.41) is 0. The van der Waals surface area contributed by atoms with Crippen molar-refractivity contribution in [3.8, 4) is 5.75 Å². The maximum atomic E-state index is 12.6. The fraction of sp³-hybridized carbons (Fsp3) is 0.556. The first-order chi connectivity index (χ1) is 11.1. The first-order valence-corrected chi connectivity index (χ1v) is 8.38. The van der Waals surface area contributed by atoms with E-state index in [9.17, 15) is 9.59 Å². The molecule has 2 atom stereocenters. The molecule has 0 N–H and O–H groups in total. The smallest absolute Gasteiger partial charge is 0.257 e. The summed E-state index contributed by atoms with van der Waals surface area (Å²) in [5.74, 6) is 0.824. The minimum Gasteiger partial charge on any atom is -0.486 e. The van der Waals surface area contributed by atoms with Crippen LogP contribution < -0.4 is 4.74 Å². The van der Waals surface area contributed by atoms with Crippen molar-refractivity contribution in [1.82, 2.24) is 9.80 Å². The van der Waals surface area contributed by atoms with Gasteiger partial charge in [-0.2, -0.15) is 0 Å². The highest BCUT2D eigenvalue weighted by Crippen LogP contribution is 2.31. The molecule has 1 aromatic rings. The summed E-state index contributed by atoms with van der Waals surface area (Å²) in [7, 11) is 1.80. The molecule has 0 spiro atoms. The molecule has 5 nitrogen and oxygen atoms in total. The molecule has 0 aromatic heterocycles. The zero-order valence-electron chi connectivity index (χ0n) is 14.0. The van der Waals surface area contributed by atoms with Gasteiger partial charge in [0, 0.05) is 19.5 Å². The summed E-state index contributed by atoms with van der Waals surface area (Å²) in [5.41, 5.74) is 0.599. The maximum Gasteiger partial charge on any atom is 0.257 e. The minimum absolute atomic E-state index is 0.0371. The Kier molecular flexibility index (Phi) is 4.28. The quantitative estimate of drug-likeness (QED) is 0.859. The van der Waals surface area contributed by atoms with Crippen molar-refractivity contribution in [2.24, 2.45) is 5.92 Å². The predicted octanol–water partition coefficient (Wildman–Crippen LogP) is 2.17. The number of likely N-dealkylation sites (N-methyl/N-ethyl adjacent to an activating group) is 1. The summed E-state index contributed by atoms with van der Waals surface area (Å²) in [4.78, 5) is 28.9. The Morgan fingerprint density at radius 3 is 2.65 bits per heavy atom. The second-order valence-corrected chi connectivity index (χ2v) is 6.39. The lowest BCUT2D eigenvalue weighted by molar-refractivity contribution is -0.135. The van der Waals surface area contributed by atoms with Crippen molar-refractivity contribution in [3.05, 3.63) is 29.8 Å². The Labute approximate surface area is 137 Å². The van der Waals surface area contributed by atoms with E-state index in [-0.39, 0.29) is 29.9 Å². The minimum atomic E-state index is -0.161. The summed E-state index contributed by atoms with van der Waals surface area (Å²) in [6, 6.07) is 7.25. The van der Waals surface area contributed by atoms with E-state index < -0.39 is 0 Å². The number of hydrogen-bond acceptors (Lipinski definition) is 3. The number of fused-ring (bicyclic) bond motifs is 2. The number of amides is 2. The molecule has 0 bridgehead atoms. The molecule has 0 aliphatic carbocycles. The number of para-hydroxylation sites is 1. The summed E-state index contributed by atoms with van der Waals surface area (Å²) in [6.07, 6.45) is 1.53. The van der Waals surface area contributed by atoms with Crippen molar-refractivity contribution >= 4 is 11.8 Å². The monoisotopic (exact) mass is 316 g/mol. The molecule has 2 amide bonds. The molecule has 23 heavy (non-hydrogen) atoms. The SMILES string of the molecule is CCC(CC)C(=O)N1CC2Oc3ccccc3C(=O)N(C)C2C1. The number of carbonyl (C=O) groups is 2. The van der Waals surface area contributed by atoms with Crippen LogP contribution in [0.5, 0.6) is 5.75 Å². The first-order valence-electron chi connectivity index (χ1n) is 8.38. The average Bonchev–Trinajstić information content (AvgIpc) is 2.95. The van der Waals surface area contributed by atoms with Crippen LogP contribution in [0.25, 0.3) is 0 Å². The number of rotatable bonds is 3. The van der Waals surface area contributed by atoms with E-state index in [4.69, 9.17) is 4.74 Å². The van der Waals surface area contributed by atoms with Crippen LogP contribution in [0.1, 0.15) is 37.0 Å². The van der Waals surface area contributed by atoms with Crippen LogP contribution in [0.4, 0.5) is 0 Å². The van der Waals surface area contributed by atoms with Crippen molar-refractivity contribution in [1.29, 1.82) is 0 Å². The molecule has 2 aliphatic rings. The Bertz CT molecular complexity index is 612. The van der Waals surface area contributed by atoms with Crippen LogP contribution in [0.15, 0.2) is 24.3 Å². The number of benzene rings is 1. The largest absolute Gasteiger partial charge is 0.486 e. The van der Waals surface area contributed by atoms with Crippen LogP contribution in [-0.4, -0.2) is 53.9 Å². The van der Waals surface area contributed by atoms with Gasteiger partial charge in [0.05, 0.1) is 18.2 Å². The van der Waals surface area contributed by atoms with E-state index >= 15 is 0 Å². The third kappa shape index (κ3) is 2.69. The Hall–Kier alpha value is -2.04. The number of nitrogens with zero attached hydrogens (tertiary/aromatic N) is 2. The third-order valence-electron chi connectivity index (χ3n) is 5.10. The van der Waals surface area contributed by atoms with Crippen molar-refractivity contribution < 1.29 is 14.3 Å². The number of hydrogen-bond donors (Lipinski definition) is 0. The van der Waals surface area contributed by atoms with Crippen LogP contribution in [-0.2, 0) is 4.79 Å². The highest BCUT2D eigenvalue weighted by atomic mass is 16.5. The van der Waals surface area contributed by atoms with Crippen LogP contribution in [0.3, 0.4) is 0 Å². The topological polar surface area (TPSA) is 49.9 Å². The van der Waals surface area contributed by atoms with Gasteiger partial charge in [-0.3, -0.25) is 9.59 Å². The van der Waals surface area contributed by atoms with Crippen LogP contribution >= 0.6 is 0 Å². The van der Waals surface area contributed by atoms with Gasteiger partial charge < -0.3 is 14.5 Å². The Morgan fingerprint density at radius 2 is 1.96 bits per heavy atom. The van der Waals surface area contributed by atoms with Crippen molar-refractivity contribution in [2.45, 2.75) is 38.8 Å². The van der Waals surface area contributed by atoms with Gasteiger partial charge in [-0.25, -0.2) is 0 Å². The highest BCUT2D eigenvalue weighted by molar-refractivity contribution is 5.97. The van der Waals surface area contributed by atoms with Crippen molar-refractivity contribution in [2.75, 3.05) is 20.1 Å². The zero-order chi connectivity index (χ0) is 16.6. The average molecular weight is 316 g/mol. The maximum absolute atomic E-state index is 12.6. The lowest BCUT2D eigenvalue weighted by atomic mass is 10.0. The van der Waals surface area contributed by atoms with Gasteiger partial charge in [0.15, 0.2) is 0 Å². The van der Waals surface area contributed by atoms with E-state index in [1.807, 2.05) is 36.9 Å². The molecule has 124 valence electrons. The Morgan fingerprint density at radius 1 is 1.26 bits per heavy atom. The van der Waals surface area contributed by atoms with E-state index in [0.29, 0.717) is 24.4 Å². The van der Waals surface area contributed by atoms with E-state index in [1.165, 1.54) is 0 Å². The first kappa shape index (κ1) is 15.8. The molecular weight excluding hydrogens is 292 g/mol. The summed E-state index contributed by atoms with van der Waals surface area (Å²) >= 11 is 0. The lowest BCUT2D eigenvalue weighted by Crippen LogP contribution is -2.44. The molecule has 5 heteroatoms. The molecule has 1 saturated heterocycles. The fourth-order valence-electron chi connectivity index (χ4n) is 3.57. The molecule has 2 heterocycles. The molecular formula is C18H24N2O3. The predicted molar refractivity (Wildman–Crippen MR) is 87.4 cm³/mol. The molecule has 1 fully saturated rings. The van der Waals surface area contributed by atoms with Gasteiger partial charge in [-0.1, -0.05) is 26.0 Å². The standard InChI is InChI=1S/C18H24N2O3/c1-4-12(5-2)17(21)20-10-14-16(11-20)23-15-9-7-6-8-13(15)18(22)19(14)3/h6-9,12,14,16H,4-5,10-11H2,1-3H3. The summed E-state index contributed by atoms with van der Waals surface area (Å²) < 4.78 is 6.09. The summed E-state index contributed by atoms with van der Waals surface area (Å²) in [6.45, 7) is 5.19. The van der Waals surface area contributed by atoms with Crippen molar-refractivity contribution in [3.63, 3.8) is 0 Å². The van der Waals surface area contributed by atoms with E-state index in [1.54, 1.807) is 18.0 Å². The number of likely N-dealkylation sites (tertiary alicyclic amines) is 1. The van der Waals surface area contributed by atoms with Gasteiger partial charge in [-0.05, 0) is 25.0 Å². The normalized spacial score (nSPS) is 23.4. The molecule has 0 saturated carbocycles. The second-order valence-electron chi connectivity index (χ2n) is 6.39. The lowest BCUT2D eigenvalue weighted by Gasteiger charge is -2.25. The number of carbonyl (C=O) groups excluding carboxylic acids is 2. The second kappa shape index (κ2) is 6.22. The zero-order valence-corrected chi connectivity index (χ0v) is 14.0. The van der Waals surface area contributed by atoms with Crippen LogP contribution in [0, 0.1) is 5.92 Å². The van der Waals surface area contributed by atoms with Gasteiger partial charge in [-0.15, -0.1) is 0 Å². The molecule has 3 rings (SSSR count). The van der Waals surface area contributed by atoms with Gasteiger partial charge in [0.25, 0.3) is 5.91 Å². The highest BCUT2D eigenvalue weighted by Gasteiger charge is 2.44. The van der Waals surface area contributed by atoms with Gasteiger partial charge >= 0.3 is 0 Å². The molecule has 0 radical (unpaired) electrons. The van der Waals surface area contributed by atoms with Crippen LogP contribution in [0.2, 0.25) is 0 Å². The van der Waals surface area contributed by atoms with E-state index in [2.05, 4.69) is 0 Å². The fourth-order valence-corrected chi connectivity index (χ4v) is 3.57. The van der Waals surface area contributed by atoms with Gasteiger partial charge in [0.1, 0.15) is 11.9 Å². The number of ether oxygens (including phenoxy) is 1. The molecule has 2 aliphatic heterocycles. The molecule has 2 unspecified atom stereocenters. The van der Waals surface area contributed by atoms with E-state index in [0.717, 1.165) is 12.8 Å². The Balaban J connectivity index is 1.84. The third-order valence-corrected chi connectivity index (χ3v) is 5.10. The molecule has 1 aromatic carbocycles. The van der Waals surface area contributed by atoms with Gasteiger partial charge in [0.2, 0.25) is 5.91 Å².